The van der Waals surface area contributed by atoms with Gasteiger partial charge < -0.3 is 10.1 Å². The third-order valence-electron chi connectivity index (χ3n) is 4.42. The van der Waals surface area contributed by atoms with Crippen LogP contribution in [-0.4, -0.2) is 52.3 Å². The second-order valence-electron chi connectivity index (χ2n) is 6.61. The average molecular weight is 367 g/mol. The zero-order valence-corrected chi connectivity index (χ0v) is 16.9. The highest BCUT2D eigenvalue weighted by atomic mass is 16.5. The number of unbranched alkanes of at least 4 members (excludes halogenated alkanes) is 2. The number of ether oxygens (including phenoxy) is 1. The van der Waals surface area contributed by atoms with Crippen LogP contribution in [0.1, 0.15) is 70.2 Å². The molecule has 26 heavy (non-hydrogen) atoms. The largest absolute Gasteiger partial charge is 0.462 e. The lowest BCUT2D eigenvalue weighted by atomic mass is 10.1. The third-order valence-corrected chi connectivity index (χ3v) is 4.42. The summed E-state index contributed by atoms with van der Waals surface area (Å²) in [4.78, 5) is 26.8. The van der Waals surface area contributed by atoms with Crippen LogP contribution in [0.3, 0.4) is 0 Å². The molecule has 148 valence electrons. The Bertz CT molecular complexity index is 571. The minimum absolute atomic E-state index is 0.140. The fraction of sp³-hybridized carbons (Fsp3) is 0.737. The van der Waals surface area contributed by atoms with Crippen LogP contribution < -0.4 is 5.32 Å². The van der Waals surface area contributed by atoms with Crippen LogP contribution in [0.5, 0.6) is 0 Å². The smallest absolute Gasteiger partial charge is 0.343 e. The molecule has 0 saturated carbocycles. The van der Waals surface area contributed by atoms with E-state index in [9.17, 15) is 9.59 Å². The van der Waals surface area contributed by atoms with E-state index in [-0.39, 0.29) is 18.1 Å². The topological polar surface area (TPSA) is 76.5 Å². The van der Waals surface area contributed by atoms with Gasteiger partial charge in [-0.25, -0.2) is 4.79 Å². The van der Waals surface area contributed by atoms with Crippen molar-refractivity contribution >= 4 is 17.7 Å². The number of amides is 1. The molecule has 1 unspecified atom stereocenters. The standard InChI is InChI=1S/C19H34N4O3/c1-6-9-10-12-23(15(4)11-7-2)14-17(24)21-18-16(13-20-22(18)5)19(25)26-8-3/h13,15H,6-12,14H2,1-5H3,(H,21,24). The predicted octanol–water partition coefficient (Wildman–Crippen LogP) is 3.22. The molecule has 1 heterocycles. The maximum atomic E-state index is 12.6. The van der Waals surface area contributed by atoms with Gasteiger partial charge in [-0.2, -0.15) is 5.10 Å². The molecule has 1 atom stereocenters. The Morgan fingerprint density at radius 1 is 1.27 bits per heavy atom. The van der Waals surface area contributed by atoms with Crippen molar-refractivity contribution in [2.24, 2.45) is 7.05 Å². The van der Waals surface area contributed by atoms with Gasteiger partial charge in [0.1, 0.15) is 11.4 Å². The van der Waals surface area contributed by atoms with Gasteiger partial charge in [0.2, 0.25) is 5.91 Å². The molecule has 1 aromatic heterocycles. The Morgan fingerprint density at radius 3 is 2.62 bits per heavy atom. The van der Waals surface area contributed by atoms with Gasteiger partial charge >= 0.3 is 5.97 Å². The lowest BCUT2D eigenvalue weighted by molar-refractivity contribution is -0.117. The van der Waals surface area contributed by atoms with Gasteiger partial charge in [0.25, 0.3) is 0 Å². The molecule has 0 aliphatic carbocycles. The zero-order valence-electron chi connectivity index (χ0n) is 16.9. The Balaban J connectivity index is 2.78. The van der Waals surface area contributed by atoms with E-state index < -0.39 is 5.97 Å². The molecule has 0 aliphatic heterocycles. The van der Waals surface area contributed by atoms with Crippen molar-refractivity contribution in [2.75, 3.05) is 25.0 Å². The van der Waals surface area contributed by atoms with Crippen LogP contribution in [0, 0.1) is 0 Å². The number of aromatic nitrogens is 2. The fourth-order valence-electron chi connectivity index (χ4n) is 2.92. The monoisotopic (exact) mass is 366 g/mol. The summed E-state index contributed by atoms with van der Waals surface area (Å²) in [5.41, 5.74) is 0.279. The summed E-state index contributed by atoms with van der Waals surface area (Å²) in [7, 11) is 1.69. The van der Waals surface area contributed by atoms with Gasteiger partial charge in [0.05, 0.1) is 19.3 Å². The molecule has 7 heteroatoms. The summed E-state index contributed by atoms with van der Waals surface area (Å²) in [6.45, 7) is 9.72. The van der Waals surface area contributed by atoms with Gasteiger partial charge in [-0.05, 0) is 33.2 Å². The Labute approximate surface area is 157 Å². The highest BCUT2D eigenvalue weighted by Gasteiger charge is 2.21. The summed E-state index contributed by atoms with van der Waals surface area (Å²) in [5.74, 6) is -0.237. The molecule has 0 aromatic carbocycles. The molecule has 0 saturated heterocycles. The van der Waals surface area contributed by atoms with E-state index in [1.54, 1.807) is 14.0 Å². The first kappa shape index (κ1) is 22.2. The summed E-state index contributed by atoms with van der Waals surface area (Å²) in [6, 6.07) is 0.346. The number of anilines is 1. The lowest BCUT2D eigenvalue weighted by Gasteiger charge is -2.28. The number of nitrogens with zero attached hydrogens (tertiary/aromatic N) is 3. The highest BCUT2D eigenvalue weighted by Crippen LogP contribution is 2.16. The van der Waals surface area contributed by atoms with E-state index in [0.29, 0.717) is 18.4 Å². The van der Waals surface area contributed by atoms with Crippen molar-refractivity contribution in [3.63, 3.8) is 0 Å². The molecular weight excluding hydrogens is 332 g/mol. The predicted molar refractivity (Wildman–Crippen MR) is 103 cm³/mol. The van der Waals surface area contributed by atoms with E-state index in [2.05, 4.69) is 36.1 Å². The average Bonchev–Trinajstić information content (AvgIpc) is 2.95. The molecule has 0 fully saturated rings. The lowest BCUT2D eigenvalue weighted by Crippen LogP contribution is -2.40. The second-order valence-corrected chi connectivity index (χ2v) is 6.61. The molecule has 1 rings (SSSR count). The van der Waals surface area contributed by atoms with Crippen LogP contribution in [0.15, 0.2) is 6.20 Å². The number of hydrogen-bond donors (Lipinski definition) is 1. The fourth-order valence-corrected chi connectivity index (χ4v) is 2.92. The van der Waals surface area contributed by atoms with Crippen molar-refractivity contribution in [2.45, 2.75) is 65.8 Å². The Kier molecular flexibility index (Phi) is 9.95. The second kappa shape index (κ2) is 11.7. The highest BCUT2D eigenvalue weighted by molar-refractivity contribution is 6.00. The van der Waals surface area contributed by atoms with Crippen molar-refractivity contribution in [3.8, 4) is 0 Å². The van der Waals surface area contributed by atoms with E-state index in [0.717, 1.165) is 38.6 Å². The molecule has 0 spiro atoms. The number of aryl methyl sites for hydroxylation is 1. The maximum absolute atomic E-state index is 12.6. The zero-order chi connectivity index (χ0) is 19.5. The van der Waals surface area contributed by atoms with Crippen molar-refractivity contribution in [1.29, 1.82) is 0 Å². The van der Waals surface area contributed by atoms with E-state index in [1.165, 1.54) is 10.9 Å². The first-order valence-electron chi connectivity index (χ1n) is 9.67. The number of esters is 1. The SMILES string of the molecule is CCCCCN(CC(=O)Nc1c(C(=O)OCC)cnn1C)C(C)CCC. The molecule has 1 N–H and O–H groups in total. The Morgan fingerprint density at radius 2 is 2.00 bits per heavy atom. The number of rotatable bonds is 12. The van der Waals surface area contributed by atoms with Gasteiger partial charge in [0.15, 0.2) is 0 Å². The first-order chi connectivity index (χ1) is 12.4. The number of carbonyl (C=O) groups excluding carboxylic acids is 2. The quantitative estimate of drug-likeness (QED) is 0.454. The summed E-state index contributed by atoms with van der Waals surface area (Å²) in [5, 5.41) is 6.90. The Hall–Kier alpha value is -1.89. The van der Waals surface area contributed by atoms with E-state index in [1.807, 2.05) is 0 Å². The minimum atomic E-state index is -0.477. The van der Waals surface area contributed by atoms with E-state index >= 15 is 0 Å². The number of hydrogen-bond acceptors (Lipinski definition) is 5. The maximum Gasteiger partial charge on any atom is 0.343 e. The van der Waals surface area contributed by atoms with Gasteiger partial charge in [-0.15, -0.1) is 0 Å². The van der Waals surface area contributed by atoms with E-state index in [4.69, 9.17) is 4.74 Å². The van der Waals surface area contributed by atoms with Crippen molar-refractivity contribution in [3.05, 3.63) is 11.8 Å². The molecule has 1 amide bonds. The first-order valence-corrected chi connectivity index (χ1v) is 9.67. The van der Waals surface area contributed by atoms with Crippen LogP contribution in [0.4, 0.5) is 5.82 Å². The van der Waals surface area contributed by atoms with Gasteiger partial charge in [-0.1, -0.05) is 33.1 Å². The van der Waals surface area contributed by atoms with Crippen LogP contribution in [0.25, 0.3) is 0 Å². The molecular formula is C19H34N4O3. The molecule has 1 aromatic rings. The molecule has 7 nitrogen and oxygen atoms in total. The summed E-state index contributed by atoms with van der Waals surface area (Å²) in [6.07, 6.45) is 6.96. The number of carbonyl (C=O) groups is 2. The number of nitrogens with one attached hydrogen (secondary N) is 1. The van der Waals surface area contributed by atoms with Crippen LogP contribution >= 0.6 is 0 Å². The minimum Gasteiger partial charge on any atom is -0.462 e. The molecule has 0 bridgehead atoms. The van der Waals surface area contributed by atoms with Crippen molar-refractivity contribution in [1.82, 2.24) is 14.7 Å². The molecule has 0 radical (unpaired) electrons. The normalized spacial score (nSPS) is 12.2. The van der Waals surface area contributed by atoms with Crippen LogP contribution in [0.2, 0.25) is 0 Å². The van der Waals surface area contributed by atoms with Gasteiger partial charge in [0, 0.05) is 13.1 Å². The summed E-state index contributed by atoms with van der Waals surface area (Å²) >= 11 is 0. The summed E-state index contributed by atoms with van der Waals surface area (Å²) < 4.78 is 6.51. The molecule has 0 aliphatic rings. The third kappa shape index (κ3) is 6.78. The van der Waals surface area contributed by atoms with Crippen molar-refractivity contribution < 1.29 is 14.3 Å². The van der Waals surface area contributed by atoms with Gasteiger partial charge in [-0.3, -0.25) is 14.4 Å². The van der Waals surface area contributed by atoms with Crippen LogP contribution in [-0.2, 0) is 16.6 Å².